The molecule has 1 aromatic rings. The third kappa shape index (κ3) is 26.5. The van der Waals surface area contributed by atoms with Crippen molar-refractivity contribution in [3.8, 4) is 0 Å². The predicted octanol–water partition coefficient (Wildman–Crippen LogP) is 20.9. The fourth-order valence-corrected chi connectivity index (χ4v) is 31.2. The summed E-state index contributed by atoms with van der Waals surface area (Å²) in [7, 11) is -5.86. The van der Waals surface area contributed by atoms with Gasteiger partial charge in [-0.1, -0.05) is 277 Å². The molecule has 19 atom stereocenters. The predicted molar refractivity (Wildman–Crippen MR) is 457 cm³/mol. The number of ketones is 1. The summed E-state index contributed by atoms with van der Waals surface area (Å²) >= 11 is 0. The number of ether oxygens (including phenoxy) is 11. The fourth-order valence-electron chi connectivity index (χ4n) is 18.2. The number of allylic oxidation sites excluding steroid dienone is 13. The maximum absolute atomic E-state index is 15.5. The number of amides is 1. The van der Waals surface area contributed by atoms with E-state index in [1.54, 1.807) is 19.3 Å². The lowest BCUT2D eigenvalue weighted by molar-refractivity contribution is -0.321. The number of esters is 2. The van der Waals surface area contributed by atoms with E-state index in [4.69, 9.17) is 61.0 Å². The molecule has 5 aliphatic heterocycles. The van der Waals surface area contributed by atoms with Crippen LogP contribution < -0.4 is 5.32 Å². The summed E-state index contributed by atoms with van der Waals surface area (Å²) in [5, 5.41) is 3.39. The molecule has 18 nitrogen and oxygen atoms in total. The van der Waals surface area contributed by atoms with E-state index < -0.39 is 103 Å². The number of methoxy groups -OCH3 is 1. The smallest absolute Gasteiger partial charge is 0.407 e. The molecule has 6 rings (SSSR count). The van der Waals surface area contributed by atoms with Gasteiger partial charge >= 0.3 is 18.0 Å². The standard InChI is InChI=1S/C91H147NO17Si3/c1-24-52-98-87(95)84-81-55-74(106-88-77(58-78(93)71-46-48-72(49-47-71)90(20,21)22)85(92-89(96)99-53-25-2)86(70(19)105-88)110(26-3,27-4)63(9)10)45-43-41-39-37-35-33-32-34-36-38-40-42-44-66(15)67(16)68(17)69(18)104-83(94)57-75-54-73(100-61-101-75)50-51-79(108-111(28-5,29-6)64(11)12)80-56-76(102-62-103-80)59-91(97-23,107-81)60-82(84)109-112(30-7,31-8)65(13)14/h24-25,32-49,63-70,73-77,79-82,84-86,88H,1-2,26-31,50-62H2,3-23H3,(H,92,96)/b33-32+,36-34+,37-35+,40-38+,41-39+,44-42+,45-43+/t66?,67-,68-,69+,70-,73-,74+,75-,76+,77+,79-,80-,81?,82+,84+,85-,86-,88+,91-/m1/s1. The molecule has 0 aromatic heterocycles. The Balaban J connectivity index is 1.57. The van der Waals surface area contributed by atoms with Gasteiger partial charge in [0.15, 0.2) is 34.5 Å². The van der Waals surface area contributed by atoms with Crippen LogP contribution in [0.2, 0.25) is 58.4 Å². The third-order valence-electron chi connectivity index (χ3n) is 26.0. The Morgan fingerprint density at radius 2 is 1.16 bits per heavy atom. The summed E-state index contributed by atoms with van der Waals surface area (Å²) < 4.78 is 89.2. The number of fused-ring (bicyclic) bond motifs is 6. The number of cyclic esters (lactones) is 1. The molecule has 6 bridgehead atoms. The number of alkyl carbamates (subject to hydrolysis) is 1. The van der Waals surface area contributed by atoms with Crippen LogP contribution in [-0.4, -0.2) is 162 Å². The Hall–Kier alpha value is -4.99. The molecule has 4 saturated heterocycles. The first-order valence-corrected chi connectivity index (χ1v) is 49.9. The Kier molecular flexibility index (Phi) is 39.6. The van der Waals surface area contributed by atoms with E-state index in [1.165, 1.54) is 0 Å². The lowest BCUT2D eigenvalue weighted by Crippen LogP contribution is -2.64. The molecule has 1 N–H and O–H groups in total. The van der Waals surface area contributed by atoms with Crippen LogP contribution in [0.3, 0.4) is 0 Å². The average molecular weight is 1610 g/mol. The number of benzene rings is 1. The number of carbonyl (C=O) groups is 4. The van der Waals surface area contributed by atoms with Gasteiger partial charge in [0.1, 0.15) is 38.8 Å². The molecule has 5 heterocycles. The highest BCUT2D eigenvalue weighted by atomic mass is 28.4. The van der Waals surface area contributed by atoms with Gasteiger partial charge in [0.2, 0.25) is 0 Å². The van der Waals surface area contributed by atoms with Crippen LogP contribution in [0.1, 0.15) is 212 Å². The summed E-state index contributed by atoms with van der Waals surface area (Å²) in [4.78, 5) is 59.2. The van der Waals surface area contributed by atoms with Crippen LogP contribution in [0.4, 0.5) is 4.79 Å². The van der Waals surface area contributed by atoms with Crippen LogP contribution in [0.5, 0.6) is 0 Å². The number of hydrogen-bond acceptors (Lipinski definition) is 17. The highest BCUT2D eigenvalue weighted by molar-refractivity contribution is 6.82. The Bertz CT molecular complexity index is 3270. The maximum Gasteiger partial charge on any atom is 0.407 e. The van der Waals surface area contributed by atoms with Crippen molar-refractivity contribution in [2.24, 2.45) is 29.6 Å². The van der Waals surface area contributed by atoms with Crippen LogP contribution >= 0.6 is 0 Å². The zero-order valence-corrected chi connectivity index (χ0v) is 75.5. The number of nitrogens with one attached hydrogen (secondary N) is 1. The topological polar surface area (TPSA) is 200 Å². The first-order valence-electron chi connectivity index (χ1n) is 42.5. The van der Waals surface area contributed by atoms with Crippen LogP contribution in [0, 0.1) is 29.6 Å². The van der Waals surface area contributed by atoms with Crippen molar-refractivity contribution in [1.82, 2.24) is 5.32 Å². The van der Waals surface area contributed by atoms with Gasteiger partial charge in [-0.3, -0.25) is 14.4 Å². The van der Waals surface area contributed by atoms with Gasteiger partial charge in [0.05, 0.1) is 69.4 Å². The number of carbonyl (C=O) groups excluding carboxylic acids is 4. The Morgan fingerprint density at radius 1 is 0.616 bits per heavy atom. The van der Waals surface area contributed by atoms with E-state index in [1.807, 2.05) is 104 Å². The quantitative estimate of drug-likeness (QED) is 0.0301. The maximum atomic E-state index is 15.5. The van der Waals surface area contributed by atoms with E-state index in [0.29, 0.717) is 36.8 Å². The van der Waals surface area contributed by atoms with E-state index in [0.717, 1.165) is 41.8 Å². The second kappa shape index (κ2) is 46.2. The molecule has 4 fully saturated rings. The van der Waals surface area contributed by atoms with Crippen LogP contribution in [0.25, 0.3) is 0 Å². The second-order valence-corrected chi connectivity index (χ2v) is 49.8. The lowest BCUT2D eigenvalue weighted by Gasteiger charge is -2.54. The summed E-state index contributed by atoms with van der Waals surface area (Å²) in [6.07, 6.45) is 26.6. The second-order valence-electron chi connectivity index (χ2n) is 34.2. The summed E-state index contributed by atoms with van der Waals surface area (Å²) in [6.45, 7) is 51.8. The SMILES string of the molecule is C=CCOC(=O)N[C@@H]1[C@H](CC(=O)c2ccc(C(C)(C)C)cc2)[C@H](O[C@H]2/C=C/C=C/C=C/C=C/C=C/C=C/C=C/C(C)[C@@H](C)[C@@H](C)[C@H](C)OC(=O)C[C@H]3C[C@@H](CC[C@@H](O[Si](CC)(CC)C(C)C)[C@H]4C[C@@H](C[C@]5(OC)C[C@H](O[Si](CC)(CC)C(C)C)[C@@H](C(=O)OCC=C)C(C2)O5)OCO4)OCO3)O[C@H](C)[C@H]1[Si](CC)(CC)C(C)C. The first kappa shape index (κ1) is 95.9. The molecule has 0 spiro atoms. The highest BCUT2D eigenvalue weighted by Gasteiger charge is 2.59. The van der Waals surface area contributed by atoms with Gasteiger partial charge in [-0.05, 0) is 90.7 Å². The van der Waals surface area contributed by atoms with Crippen molar-refractivity contribution in [2.75, 3.05) is 33.9 Å². The summed E-state index contributed by atoms with van der Waals surface area (Å²) in [5.41, 5.74) is 2.01. The third-order valence-corrected chi connectivity index (χ3v) is 43.6. The van der Waals surface area contributed by atoms with Crippen molar-refractivity contribution < 1.29 is 80.1 Å². The van der Waals surface area contributed by atoms with E-state index in [9.17, 15) is 9.59 Å². The van der Waals surface area contributed by atoms with Gasteiger partial charge in [0, 0.05) is 68.7 Å². The first-order chi connectivity index (χ1) is 53.3. The summed E-state index contributed by atoms with van der Waals surface area (Å²) in [6, 6.07) is 12.4. The molecule has 0 saturated carbocycles. The molecule has 630 valence electrons. The zero-order chi connectivity index (χ0) is 82.6. The Morgan fingerprint density at radius 3 is 1.71 bits per heavy atom. The molecule has 1 amide bonds. The molecule has 21 heteroatoms. The summed E-state index contributed by atoms with van der Waals surface area (Å²) in [5.74, 6) is -3.57. The van der Waals surface area contributed by atoms with Gasteiger partial charge < -0.3 is 66.3 Å². The van der Waals surface area contributed by atoms with Crippen molar-refractivity contribution >= 4 is 48.5 Å². The van der Waals surface area contributed by atoms with Gasteiger partial charge in [-0.2, -0.15) is 0 Å². The monoisotopic (exact) mass is 1610 g/mol. The molecule has 5 aliphatic rings. The fraction of sp³-hybridized carbons (Fsp3) is 0.692. The Labute approximate surface area is 678 Å². The van der Waals surface area contributed by atoms with Gasteiger partial charge in [-0.15, -0.1) is 0 Å². The number of hydrogen-bond donors (Lipinski definition) is 1. The van der Waals surface area contributed by atoms with E-state index >= 15 is 9.59 Å². The van der Waals surface area contributed by atoms with Crippen molar-refractivity contribution in [1.29, 1.82) is 0 Å². The normalized spacial score (nSPS) is 32.9. The molecule has 1 aromatic carbocycles. The number of rotatable bonds is 26. The molecule has 2 unspecified atom stereocenters. The lowest BCUT2D eigenvalue weighted by atomic mass is 9.82. The van der Waals surface area contributed by atoms with Crippen molar-refractivity contribution in [3.63, 3.8) is 0 Å². The van der Waals surface area contributed by atoms with Crippen molar-refractivity contribution in [3.05, 3.63) is 146 Å². The van der Waals surface area contributed by atoms with Crippen molar-refractivity contribution in [2.45, 2.75) is 339 Å². The van der Waals surface area contributed by atoms with Crippen LogP contribution in [-0.2, 0) is 76.0 Å². The van der Waals surface area contributed by atoms with E-state index in [2.05, 4.69) is 162 Å². The zero-order valence-electron chi connectivity index (χ0n) is 72.5. The average Bonchev–Trinajstić information content (AvgIpc) is 0.748. The molecule has 0 radical (unpaired) electrons. The minimum Gasteiger partial charge on any atom is -0.462 e. The molecular weight excluding hydrogens is 1460 g/mol. The van der Waals surface area contributed by atoms with E-state index in [-0.39, 0.29) is 135 Å². The van der Waals surface area contributed by atoms with Gasteiger partial charge in [0.25, 0.3) is 0 Å². The molecule has 0 aliphatic carbocycles. The highest BCUT2D eigenvalue weighted by Crippen LogP contribution is 2.52. The largest absolute Gasteiger partial charge is 0.462 e. The minimum absolute atomic E-state index is 0.0124. The minimum atomic E-state index is -2.68. The van der Waals surface area contributed by atoms with Gasteiger partial charge in [-0.25, -0.2) is 4.79 Å². The van der Waals surface area contributed by atoms with Crippen LogP contribution in [0.15, 0.2) is 135 Å². The number of Topliss-reactive ketones (excluding diaryl/α,β-unsaturated/α-hetero) is 1. The molecule has 112 heavy (non-hydrogen) atoms. The molecular formula is C91H147NO17Si3.